The molecule has 0 spiro atoms. The minimum absolute atomic E-state index is 0.252. The van der Waals surface area contributed by atoms with Crippen LogP contribution in [0.5, 0.6) is 11.5 Å². The Morgan fingerprint density at radius 2 is 1.47 bits per heavy atom. The molecule has 0 bridgehead atoms. The van der Waals surface area contributed by atoms with E-state index in [9.17, 15) is 5.11 Å². The standard InChI is InChI=1S/C14H14O2S.C2H6/c1-10-3-6-12(7-4-10)16-17-14-8-5-11(2)9-13(14)15;1-2/h3-9,15H,1-2H3;1-2H3. The van der Waals surface area contributed by atoms with E-state index in [2.05, 4.69) is 0 Å². The van der Waals surface area contributed by atoms with E-state index in [1.807, 2.05) is 64.1 Å². The first-order valence-electron chi connectivity index (χ1n) is 6.36. The molecule has 1 N–H and O–H groups in total. The maximum Gasteiger partial charge on any atom is 0.137 e. The molecule has 0 aliphatic carbocycles. The summed E-state index contributed by atoms with van der Waals surface area (Å²) in [4.78, 5) is 0.719. The van der Waals surface area contributed by atoms with Crippen molar-refractivity contribution >= 4 is 12.0 Å². The minimum atomic E-state index is 0.252. The Bertz CT molecular complexity index is 507. The Kier molecular flexibility index (Phi) is 6.30. The number of benzene rings is 2. The van der Waals surface area contributed by atoms with E-state index in [1.165, 1.54) is 5.56 Å². The van der Waals surface area contributed by atoms with Crippen molar-refractivity contribution in [2.45, 2.75) is 32.6 Å². The molecule has 0 heterocycles. The normalized spacial score (nSPS) is 9.47. The Labute approximate surface area is 119 Å². The van der Waals surface area contributed by atoms with Gasteiger partial charge in [-0.05, 0) is 43.7 Å². The van der Waals surface area contributed by atoms with Crippen LogP contribution < -0.4 is 4.18 Å². The molecule has 2 rings (SSSR count). The fraction of sp³-hybridized carbons (Fsp3) is 0.250. The van der Waals surface area contributed by atoms with Gasteiger partial charge in [0, 0.05) is 0 Å². The summed E-state index contributed by atoms with van der Waals surface area (Å²) in [7, 11) is 0. The molecule has 0 aliphatic rings. The van der Waals surface area contributed by atoms with Crippen LogP contribution in [0, 0.1) is 13.8 Å². The summed E-state index contributed by atoms with van der Waals surface area (Å²) >= 11 is 1.16. The van der Waals surface area contributed by atoms with Crippen LogP contribution in [-0.2, 0) is 0 Å². The number of hydrogen-bond donors (Lipinski definition) is 1. The zero-order chi connectivity index (χ0) is 14.3. The van der Waals surface area contributed by atoms with Crippen molar-refractivity contribution in [3.05, 3.63) is 53.6 Å². The molecule has 2 aromatic carbocycles. The summed E-state index contributed by atoms with van der Waals surface area (Å²) in [6.07, 6.45) is 0. The maximum absolute atomic E-state index is 9.71. The van der Waals surface area contributed by atoms with Crippen LogP contribution in [0.3, 0.4) is 0 Å². The summed E-state index contributed by atoms with van der Waals surface area (Å²) in [5.41, 5.74) is 2.22. The zero-order valence-electron chi connectivity index (χ0n) is 11.8. The second-order valence-corrected chi connectivity index (χ2v) is 4.72. The first-order valence-corrected chi connectivity index (χ1v) is 7.10. The fourth-order valence-electron chi connectivity index (χ4n) is 1.38. The van der Waals surface area contributed by atoms with E-state index in [4.69, 9.17) is 4.18 Å². The predicted molar refractivity (Wildman–Crippen MR) is 81.9 cm³/mol. The number of phenols is 1. The first-order chi connectivity index (χ1) is 9.15. The smallest absolute Gasteiger partial charge is 0.137 e. The summed E-state index contributed by atoms with van der Waals surface area (Å²) in [6.45, 7) is 7.97. The lowest BCUT2D eigenvalue weighted by atomic mass is 10.2. The SMILES string of the molecule is CC.Cc1ccc(OSc2ccc(C)cc2O)cc1. The van der Waals surface area contributed by atoms with Gasteiger partial charge in [0.15, 0.2) is 0 Å². The molecular formula is C16H20O2S. The minimum Gasteiger partial charge on any atom is -0.507 e. The Morgan fingerprint density at radius 1 is 0.895 bits per heavy atom. The number of aromatic hydroxyl groups is 1. The number of rotatable bonds is 3. The second kappa shape index (κ2) is 7.74. The van der Waals surface area contributed by atoms with Gasteiger partial charge in [0.25, 0.3) is 0 Å². The lowest BCUT2D eigenvalue weighted by Crippen LogP contribution is -1.83. The molecule has 0 fully saturated rings. The van der Waals surface area contributed by atoms with Gasteiger partial charge in [-0.1, -0.05) is 37.6 Å². The van der Waals surface area contributed by atoms with Crippen LogP contribution in [0.1, 0.15) is 25.0 Å². The van der Waals surface area contributed by atoms with Gasteiger partial charge in [0.05, 0.1) is 16.9 Å². The number of hydrogen-bond acceptors (Lipinski definition) is 3. The molecular weight excluding hydrogens is 256 g/mol. The highest BCUT2D eigenvalue weighted by Gasteiger charge is 2.04. The van der Waals surface area contributed by atoms with Gasteiger partial charge in [-0.3, -0.25) is 0 Å². The van der Waals surface area contributed by atoms with Crippen LogP contribution in [0.4, 0.5) is 0 Å². The molecule has 0 amide bonds. The third-order valence-electron chi connectivity index (χ3n) is 2.36. The van der Waals surface area contributed by atoms with Crippen molar-refractivity contribution in [3.63, 3.8) is 0 Å². The van der Waals surface area contributed by atoms with E-state index >= 15 is 0 Å². The van der Waals surface area contributed by atoms with Gasteiger partial charge in [0.1, 0.15) is 11.5 Å². The highest BCUT2D eigenvalue weighted by Crippen LogP contribution is 2.31. The zero-order valence-corrected chi connectivity index (χ0v) is 12.6. The summed E-state index contributed by atoms with van der Waals surface area (Å²) in [5, 5.41) is 9.71. The molecule has 0 saturated carbocycles. The average Bonchev–Trinajstić information content (AvgIpc) is 2.42. The number of phenolic OH excluding ortho intramolecular Hbond substituents is 1. The molecule has 0 atom stereocenters. The van der Waals surface area contributed by atoms with E-state index in [0.29, 0.717) is 0 Å². The molecule has 2 aromatic rings. The van der Waals surface area contributed by atoms with Crippen molar-refractivity contribution < 1.29 is 9.29 Å². The van der Waals surface area contributed by atoms with Crippen LogP contribution in [-0.4, -0.2) is 5.11 Å². The molecule has 0 aromatic heterocycles. The number of aryl methyl sites for hydroxylation is 2. The van der Waals surface area contributed by atoms with E-state index in [-0.39, 0.29) is 5.75 Å². The van der Waals surface area contributed by atoms with E-state index in [1.54, 1.807) is 6.07 Å². The van der Waals surface area contributed by atoms with Crippen molar-refractivity contribution in [2.24, 2.45) is 0 Å². The van der Waals surface area contributed by atoms with Gasteiger partial charge < -0.3 is 9.29 Å². The monoisotopic (exact) mass is 276 g/mol. The average molecular weight is 276 g/mol. The second-order valence-electron chi connectivity index (χ2n) is 3.95. The maximum atomic E-state index is 9.71. The fourth-order valence-corrected chi connectivity index (χ4v) is 1.95. The van der Waals surface area contributed by atoms with Crippen molar-refractivity contribution in [3.8, 4) is 11.5 Å². The van der Waals surface area contributed by atoms with E-state index < -0.39 is 0 Å². The highest BCUT2D eigenvalue weighted by atomic mass is 32.2. The largest absolute Gasteiger partial charge is 0.507 e. The lowest BCUT2D eigenvalue weighted by Gasteiger charge is -2.06. The summed E-state index contributed by atoms with van der Waals surface area (Å²) < 4.78 is 5.52. The van der Waals surface area contributed by atoms with Crippen LogP contribution >= 0.6 is 12.0 Å². The Balaban J connectivity index is 0.000000861. The molecule has 0 unspecified atom stereocenters. The van der Waals surface area contributed by atoms with Crippen molar-refractivity contribution in [2.75, 3.05) is 0 Å². The topological polar surface area (TPSA) is 29.5 Å². The molecule has 0 aliphatic heterocycles. The third kappa shape index (κ3) is 4.87. The lowest BCUT2D eigenvalue weighted by molar-refractivity contribution is 0.460. The van der Waals surface area contributed by atoms with Gasteiger partial charge in [-0.2, -0.15) is 0 Å². The Morgan fingerprint density at radius 3 is 2.05 bits per heavy atom. The summed E-state index contributed by atoms with van der Waals surface area (Å²) in [5.74, 6) is 1.03. The van der Waals surface area contributed by atoms with Gasteiger partial charge in [-0.15, -0.1) is 0 Å². The molecule has 0 radical (unpaired) electrons. The van der Waals surface area contributed by atoms with Crippen molar-refractivity contribution in [1.82, 2.24) is 0 Å². The quantitative estimate of drug-likeness (QED) is 0.789. The van der Waals surface area contributed by atoms with Gasteiger partial charge in [0.2, 0.25) is 0 Å². The van der Waals surface area contributed by atoms with Gasteiger partial charge >= 0.3 is 0 Å². The molecule has 2 nitrogen and oxygen atoms in total. The van der Waals surface area contributed by atoms with Crippen LogP contribution in [0.15, 0.2) is 47.4 Å². The predicted octanol–water partition coefficient (Wildman–Crippen LogP) is 5.12. The van der Waals surface area contributed by atoms with Crippen LogP contribution in [0.2, 0.25) is 0 Å². The molecule has 0 saturated heterocycles. The molecule has 102 valence electrons. The summed E-state index contributed by atoms with van der Waals surface area (Å²) in [6, 6.07) is 13.3. The molecule has 19 heavy (non-hydrogen) atoms. The molecule has 3 heteroatoms. The Hall–Kier alpha value is -1.61. The third-order valence-corrected chi connectivity index (χ3v) is 3.16. The van der Waals surface area contributed by atoms with Crippen molar-refractivity contribution in [1.29, 1.82) is 0 Å². The van der Waals surface area contributed by atoms with Crippen LogP contribution in [0.25, 0.3) is 0 Å². The highest BCUT2D eigenvalue weighted by molar-refractivity contribution is 7.95. The first kappa shape index (κ1) is 15.4. The van der Waals surface area contributed by atoms with Gasteiger partial charge in [-0.25, -0.2) is 0 Å². The van der Waals surface area contributed by atoms with E-state index in [0.717, 1.165) is 28.3 Å².